The van der Waals surface area contributed by atoms with Gasteiger partial charge in [-0.1, -0.05) is 19.1 Å². The second kappa shape index (κ2) is 8.38. The molecule has 2 aromatic heterocycles. The molecule has 1 saturated heterocycles. The summed E-state index contributed by atoms with van der Waals surface area (Å²) in [7, 11) is 0. The maximum Gasteiger partial charge on any atom is 0.261 e. The first-order valence-electron chi connectivity index (χ1n) is 9.91. The molecule has 150 valence electrons. The number of anilines is 2. The van der Waals surface area contributed by atoms with Crippen molar-refractivity contribution >= 4 is 28.4 Å². The van der Waals surface area contributed by atoms with Crippen molar-refractivity contribution in [3.05, 3.63) is 53.3 Å². The SMILES string of the molecule is CC1CCN(c2ncc(NC(=O)CCn3cnc4ccccc4c3=O)cn2)CC1. The molecule has 8 heteroatoms. The van der Waals surface area contributed by atoms with E-state index in [0.29, 0.717) is 22.5 Å². The van der Waals surface area contributed by atoms with Gasteiger partial charge in [0.1, 0.15) is 0 Å². The molecule has 1 aliphatic heterocycles. The van der Waals surface area contributed by atoms with Gasteiger partial charge in [0.05, 0.1) is 35.3 Å². The van der Waals surface area contributed by atoms with Crippen molar-refractivity contribution in [3.63, 3.8) is 0 Å². The molecule has 8 nitrogen and oxygen atoms in total. The number of hydrogen-bond acceptors (Lipinski definition) is 6. The molecule has 0 atom stereocenters. The zero-order valence-corrected chi connectivity index (χ0v) is 16.4. The lowest BCUT2D eigenvalue weighted by Crippen LogP contribution is -2.34. The normalized spacial score (nSPS) is 14.9. The molecule has 1 amide bonds. The molecule has 0 saturated carbocycles. The molecule has 1 aliphatic rings. The minimum atomic E-state index is -0.201. The summed E-state index contributed by atoms with van der Waals surface area (Å²) in [6.07, 6.45) is 7.18. The number of aromatic nitrogens is 4. The Hall–Kier alpha value is -3.29. The van der Waals surface area contributed by atoms with Crippen LogP contribution >= 0.6 is 0 Å². The smallest absolute Gasteiger partial charge is 0.261 e. The van der Waals surface area contributed by atoms with E-state index in [9.17, 15) is 9.59 Å². The zero-order valence-electron chi connectivity index (χ0n) is 16.4. The summed E-state index contributed by atoms with van der Waals surface area (Å²) in [6, 6.07) is 7.17. The number of piperidine rings is 1. The van der Waals surface area contributed by atoms with Gasteiger partial charge in [-0.2, -0.15) is 0 Å². The van der Waals surface area contributed by atoms with E-state index in [-0.39, 0.29) is 24.4 Å². The third-order valence-corrected chi connectivity index (χ3v) is 5.30. The lowest BCUT2D eigenvalue weighted by Gasteiger charge is -2.30. The Morgan fingerprint density at radius 1 is 1.14 bits per heavy atom. The summed E-state index contributed by atoms with van der Waals surface area (Å²) in [5.41, 5.74) is 1.05. The number of aryl methyl sites for hydroxylation is 1. The van der Waals surface area contributed by atoms with Gasteiger partial charge < -0.3 is 10.2 Å². The Labute approximate surface area is 168 Å². The maximum atomic E-state index is 12.5. The van der Waals surface area contributed by atoms with Gasteiger partial charge in [0.2, 0.25) is 11.9 Å². The van der Waals surface area contributed by atoms with Crippen LogP contribution in [0.25, 0.3) is 10.9 Å². The molecule has 0 unspecified atom stereocenters. The highest BCUT2D eigenvalue weighted by atomic mass is 16.2. The molecule has 1 fully saturated rings. The van der Waals surface area contributed by atoms with Gasteiger partial charge in [0.25, 0.3) is 5.56 Å². The first-order chi connectivity index (χ1) is 14.1. The lowest BCUT2D eigenvalue weighted by atomic mass is 10.00. The molecule has 4 rings (SSSR count). The second-order valence-electron chi connectivity index (χ2n) is 7.50. The Bertz CT molecular complexity index is 1050. The average molecular weight is 392 g/mol. The number of rotatable bonds is 5. The van der Waals surface area contributed by atoms with Crippen LogP contribution < -0.4 is 15.8 Å². The average Bonchev–Trinajstić information content (AvgIpc) is 2.75. The molecule has 0 bridgehead atoms. The summed E-state index contributed by atoms with van der Waals surface area (Å²) in [4.78, 5) is 39.9. The van der Waals surface area contributed by atoms with Crippen LogP contribution in [0.2, 0.25) is 0 Å². The number of para-hydroxylation sites is 1. The van der Waals surface area contributed by atoms with E-state index in [1.165, 1.54) is 10.9 Å². The van der Waals surface area contributed by atoms with Gasteiger partial charge in [-0.15, -0.1) is 0 Å². The van der Waals surface area contributed by atoms with Crippen LogP contribution in [-0.2, 0) is 11.3 Å². The number of nitrogens with one attached hydrogen (secondary N) is 1. The van der Waals surface area contributed by atoms with E-state index in [2.05, 4.69) is 32.1 Å². The summed E-state index contributed by atoms with van der Waals surface area (Å²) in [5.74, 6) is 1.24. The van der Waals surface area contributed by atoms with Crippen LogP contribution in [0.15, 0.2) is 47.8 Å². The highest BCUT2D eigenvalue weighted by molar-refractivity contribution is 5.90. The second-order valence-corrected chi connectivity index (χ2v) is 7.50. The molecule has 0 spiro atoms. The number of hydrogen-bond donors (Lipinski definition) is 1. The Balaban J connectivity index is 1.34. The highest BCUT2D eigenvalue weighted by Gasteiger charge is 2.17. The lowest BCUT2D eigenvalue weighted by molar-refractivity contribution is -0.116. The maximum absolute atomic E-state index is 12.5. The van der Waals surface area contributed by atoms with E-state index in [1.54, 1.807) is 30.6 Å². The van der Waals surface area contributed by atoms with Crippen LogP contribution in [0.1, 0.15) is 26.2 Å². The molecule has 1 aromatic carbocycles. The Morgan fingerprint density at radius 2 is 1.86 bits per heavy atom. The van der Waals surface area contributed by atoms with Crippen LogP contribution in [0.3, 0.4) is 0 Å². The van der Waals surface area contributed by atoms with Crippen molar-refractivity contribution in [3.8, 4) is 0 Å². The third kappa shape index (κ3) is 4.42. The van der Waals surface area contributed by atoms with E-state index >= 15 is 0 Å². The molecule has 0 aliphatic carbocycles. The highest BCUT2D eigenvalue weighted by Crippen LogP contribution is 2.20. The molecule has 0 radical (unpaired) electrons. The Kier molecular flexibility index (Phi) is 5.50. The van der Waals surface area contributed by atoms with Crippen LogP contribution in [-0.4, -0.2) is 38.5 Å². The number of benzene rings is 1. The van der Waals surface area contributed by atoms with Crippen molar-refractivity contribution < 1.29 is 4.79 Å². The minimum Gasteiger partial charge on any atom is -0.341 e. The molecular weight excluding hydrogens is 368 g/mol. The molecular formula is C21H24N6O2. The fraction of sp³-hybridized carbons (Fsp3) is 0.381. The summed E-state index contributed by atoms with van der Waals surface area (Å²) in [6.45, 7) is 4.44. The van der Waals surface area contributed by atoms with Gasteiger partial charge in [0, 0.05) is 26.1 Å². The standard InChI is InChI=1S/C21H24N6O2/c1-15-6-9-26(10-7-15)21-22-12-16(13-23-21)25-19(28)8-11-27-14-24-18-5-3-2-4-17(18)20(27)29/h2-5,12-15H,6-11H2,1H3,(H,25,28). The van der Waals surface area contributed by atoms with Crippen molar-refractivity contribution in [2.45, 2.75) is 32.7 Å². The van der Waals surface area contributed by atoms with Gasteiger partial charge in [0.15, 0.2) is 0 Å². The predicted molar refractivity (Wildman–Crippen MR) is 112 cm³/mol. The van der Waals surface area contributed by atoms with Crippen molar-refractivity contribution in [1.29, 1.82) is 0 Å². The van der Waals surface area contributed by atoms with Gasteiger partial charge >= 0.3 is 0 Å². The van der Waals surface area contributed by atoms with E-state index in [1.807, 2.05) is 6.07 Å². The van der Waals surface area contributed by atoms with Crippen molar-refractivity contribution in [2.75, 3.05) is 23.3 Å². The number of fused-ring (bicyclic) bond motifs is 1. The van der Waals surface area contributed by atoms with E-state index < -0.39 is 0 Å². The fourth-order valence-electron chi connectivity index (χ4n) is 3.47. The van der Waals surface area contributed by atoms with E-state index in [4.69, 9.17) is 0 Å². The van der Waals surface area contributed by atoms with Crippen molar-refractivity contribution in [2.24, 2.45) is 5.92 Å². The van der Waals surface area contributed by atoms with Crippen LogP contribution in [0.5, 0.6) is 0 Å². The summed E-state index contributed by atoms with van der Waals surface area (Å²) >= 11 is 0. The zero-order chi connectivity index (χ0) is 20.2. The first-order valence-corrected chi connectivity index (χ1v) is 9.91. The summed E-state index contributed by atoms with van der Waals surface area (Å²) in [5, 5.41) is 3.34. The largest absolute Gasteiger partial charge is 0.341 e. The molecule has 1 N–H and O–H groups in total. The molecule has 3 heterocycles. The molecule has 29 heavy (non-hydrogen) atoms. The molecule has 3 aromatic rings. The first kappa shape index (κ1) is 19.0. The number of carbonyl (C=O) groups excluding carboxylic acids is 1. The monoisotopic (exact) mass is 392 g/mol. The number of carbonyl (C=O) groups is 1. The van der Waals surface area contributed by atoms with Crippen molar-refractivity contribution in [1.82, 2.24) is 19.5 Å². The van der Waals surface area contributed by atoms with Gasteiger partial charge in [-0.3, -0.25) is 14.2 Å². The number of nitrogens with zero attached hydrogens (tertiary/aromatic N) is 5. The fourth-order valence-corrected chi connectivity index (χ4v) is 3.47. The van der Waals surface area contributed by atoms with Crippen LogP contribution in [0, 0.1) is 5.92 Å². The Morgan fingerprint density at radius 3 is 2.62 bits per heavy atom. The minimum absolute atomic E-state index is 0.146. The quantitative estimate of drug-likeness (QED) is 0.717. The predicted octanol–water partition coefficient (Wildman–Crippen LogP) is 2.45. The number of amides is 1. The third-order valence-electron chi connectivity index (χ3n) is 5.30. The van der Waals surface area contributed by atoms with Gasteiger partial charge in [-0.05, 0) is 30.9 Å². The summed E-state index contributed by atoms with van der Waals surface area (Å²) < 4.78 is 1.46. The van der Waals surface area contributed by atoms with E-state index in [0.717, 1.165) is 31.8 Å². The van der Waals surface area contributed by atoms with Crippen LogP contribution in [0.4, 0.5) is 11.6 Å². The van der Waals surface area contributed by atoms with Gasteiger partial charge in [-0.25, -0.2) is 15.0 Å². The topological polar surface area (TPSA) is 93.0 Å².